The van der Waals surface area contributed by atoms with Crippen LogP contribution in [-0.4, -0.2) is 34.7 Å². The Bertz CT molecular complexity index is 531. The molecule has 1 amide bonds. The van der Waals surface area contributed by atoms with Gasteiger partial charge in [-0.25, -0.2) is 4.79 Å². The van der Waals surface area contributed by atoms with E-state index in [2.05, 4.69) is 5.32 Å². The van der Waals surface area contributed by atoms with Crippen LogP contribution in [0.15, 0.2) is 24.3 Å². The minimum absolute atomic E-state index is 0.0539. The second-order valence-electron chi connectivity index (χ2n) is 3.92. The van der Waals surface area contributed by atoms with Crippen LogP contribution in [0.3, 0.4) is 0 Å². The smallest absolute Gasteiger partial charge is 0.326 e. The van der Waals surface area contributed by atoms with Crippen LogP contribution in [0.5, 0.6) is 0 Å². The number of hydrogen-bond donors (Lipinski definition) is 3. The third kappa shape index (κ3) is 5.21. The summed E-state index contributed by atoms with van der Waals surface area (Å²) in [6.07, 6.45) is 2.62. The lowest BCUT2D eigenvalue weighted by Crippen LogP contribution is -2.40. The fourth-order valence-electron chi connectivity index (χ4n) is 1.39. The lowest BCUT2D eigenvalue weighted by atomic mass is 10.2. The van der Waals surface area contributed by atoms with Gasteiger partial charge in [0.05, 0.1) is 10.0 Å². The third-order valence-corrected chi connectivity index (χ3v) is 3.14. The number of rotatable bonds is 6. The first-order valence-corrected chi connectivity index (χ1v) is 6.47. The number of carboxylic acids is 1. The zero-order valence-electron chi connectivity index (χ0n) is 10.3. The van der Waals surface area contributed by atoms with E-state index in [9.17, 15) is 9.59 Å². The molecule has 1 aromatic carbocycles. The molecular formula is C13H13Cl2NO4. The second-order valence-corrected chi connectivity index (χ2v) is 4.73. The Morgan fingerprint density at radius 2 is 2.00 bits per heavy atom. The van der Waals surface area contributed by atoms with Crippen molar-refractivity contribution in [3.8, 4) is 0 Å². The second kappa shape index (κ2) is 7.89. The maximum absolute atomic E-state index is 11.6. The van der Waals surface area contributed by atoms with Crippen molar-refractivity contribution < 1.29 is 19.8 Å². The summed E-state index contributed by atoms with van der Waals surface area (Å²) >= 11 is 11.6. The summed E-state index contributed by atoms with van der Waals surface area (Å²) in [7, 11) is 0. The van der Waals surface area contributed by atoms with Gasteiger partial charge in [0, 0.05) is 19.1 Å². The Labute approximate surface area is 125 Å². The first-order valence-electron chi connectivity index (χ1n) is 5.71. The largest absolute Gasteiger partial charge is 0.480 e. The molecule has 20 heavy (non-hydrogen) atoms. The number of amides is 1. The van der Waals surface area contributed by atoms with Crippen LogP contribution >= 0.6 is 23.2 Å². The highest BCUT2D eigenvalue weighted by Crippen LogP contribution is 2.23. The summed E-state index contributed by atoms with van der Waals surface area (Å²) in [4.78, 5) is 22.4. The maximum atomic E-state index is 11.6. The highest BCUT2D eigenvalue weighted by atomic mass is 35.5. The number of carbonyl (C=O) groups excluding carboxylic acids is 1. The highest BCUT2D eigenvalue weighted by Gasteiger charge is 2.17. The Kier molecular flexibility index (Phi) is 6.51. The summed E-state index contributed by atoms with van der Waals surface area (Å²) in [5.41, 5.74) is 0.656. The van der Waals surface area contributed by atoms with Crippen LogP contribution in [0.1, 0.15) is 12.0 Å². The number of hydrogen-bond acceptors (Lipinski definition) is 3. The van der Waals surface area contributed by atoms with Crippen LogP contribution in [0.4, 0.5) is 0 Å². The minimum Gasteiger partial charge on any atom is -0.480 e. The van der Waals surface area contributed by atoms with Gasteiger partial charge in [0.25, 0.3) is 0 Å². The van der Waals surface area contributed by atoms with E-state index >= 15 is 0 Å². The molecule has 7 heteroatoms. The quantitative estimate of drug-likeness (QED) is 0.700. The average Bonchev–Trinajstić information content (AvgIpc) is 2.39. The summed E-state index contributed by atoms with van der Waals surface area (Å²) in [5, 5.41) is 20.6. The summed E-state index contributed by atoms with van der Waals surface area (Å²) in [6.45, 7) is -0.326. The molecule has 0 saturated heterocycles. The molecule has 0 fully saturated rings. The van der Waals surface area contributed by atoms with Crippen molar-refractivity contribution in [2.45, 2.75) is 12.5 Å². The average molecular weight is 318 g/mol. The number of aliphatic carboxylic acids is 1. The normalized spacial score (nSPS) is 12.3. The zero-order chi connectivity index (χ0) is 15.1. The molecule has 0 aliphatic carbocycles. The molecule has 0 unspecified atom stereocenters. The van der Waals surface area contributed by atoms with Gasteiger partial charge in [0.15, 0.2) is 0 Å². The van der Waals surface area contributed by atoms with Gasteiger partial charge < -0.3 is 15.5 Å². The molecule has 0 aromatic heterocycles. The number of nitrogens with one attached hydrogen (secondary N) is 1. The summed E-state index contributed by atoms with van der Waals surface area (Å²) < 4.78 is 0. The summed E-state index contributed by atoms with van der Waals surface area (Å²) in [5.74, 6) is -1.77. The molecule has 0 saturated carbocycles. The van der Waals surface area contributed by atoms with Gasteiger partial charge in [-0.2, -0.15) is 0 Å². The van der Waals surface area contributed by atoms with E-state index < -0.39 is 17.9 Å². The molecule has 1 aromatic rings. The van der Waals surface area contributed by atoms with Gasteiger partial charge >= 0.3 is 5.97 Å². The van der Waals surface area contributed by atoms with Gasteiger partial charge in [0.1, 0.15) is 6.04 Å². The minimum atomic E-state index is -1.20. The van der Waals surface area contributed by atoms with Gasteiger partial charge in [-0.3, -0.25) is 4.79 Å². The molecule has 0 aliphatic rings. The van der Waals surface area contributed by atoms with E-state index in [4.69, 9.17) is 33.4 Å². The Morgan fingerprint density at radius 1 is 1.30 bits per heavy atom. The topological polar surface area (TPSA) is 86.6 Å². The SMILES string of the molecule is O=C(/C=C/c1ccc(Cl)c(Cl)c1)N[C@H](CCO)C(=O)O. The van der Waals surface area contributed by atoms with E-state index in [0.29, 0.717) is 15.6 Å². The Hall–Kier alpha value is -1.56. The first-order chi connectivity index (χ1) is 9.43. The molecule has 0 aliphatic heterocycles. The van der Waals surface area contributed by atoms with Crippen molar-refractivity contribution >= 4 is 41.2 Å². The van der Waals surface area contributed by atoms with Crippen molar-refractivity contribution in [1.29, 1.82) is 0 Å². The van der Waals surface area contributed by atoms with Crippen molar-refractivity contribution in [3.63, 3.8) is 0 Å². The van der Waals surface area contributed by atoms with E-state index in [1.165, 1.54) is 12.2 Å². The van der Waals surface area contributed by atoms with Crippen molar-refractivity contribution in [3.05, 3.63) is 39.9 Å². The molecule has 108 valence electrons. The van der Waals surface area contributed by atoms with Gasteiger partial charge in [-0.05, 0) is 23.8 Å². The third-order valence-electron chi connectivity index (χ3n) is 2.40. The Morgan fingerprint density at radius 3 is 2.55 bits per heavy atom. The molecular weight excluding hydrogens is 305 g/mol. The fourth-order valence-corrected chi connectivity index (χ4v) is 1.70. The number of aliphatic hydroxyl groups excluding tert-OH is 1. The predicted octanol–water partition coefficient (Wildman–Crippen LogP) is 1.96. The standard InChI is InChI=1S/C13H13Cl2NO4/c14-9-3-1-8(7-10(9)15)2-4-12(18)16-11(5-6-17)13(19)20/h1-4,7,11,17H,5-6H2,(H,16,18)(H,19,20)/b4-2+/t11-/m1/s1. The van der Waals surface area contributed by atoms with Crippen molar-refractivity contribution in [2.24, 2.45) is 0 Å². The fraction of sp³-hybridized carbons (Fsp3) is 0.231. The van der Waals surface area contributed by atoms with Gasteiger partial charge in [-0.1, -0.05) is 29.3 Å². The van der Waals surface area contributed by atoms with Crippen molar-refractivity contribution in [2.75, 3.05) is 6.61 Å². The molecule has 1 atom stereocenters. The maximum Gasteiger partial charge on any atom is 0.326 e. The first kappa shape index (κ1) is 16.5. The van der Waals surface area contributed by atoms with E-state index in [0.717, 1.165) is 0 Å². The number of halogens is 2. The van der Waals surface area contributed by atoms with Crippen LogP contribution in [0.2, 0.25) is 10.0 Å². The number of benzene rings is 1. The molecule has 0 heterocycles. The van der Waals surface area contributed by atoms with Gasteiger partial charge in [-0.15, -0.1) is 0 Å². The predicted molar refractivity (Wildman–Crippen MR) is 76.8 cm³/mol. The molecule has 0 bridgehead atoms. The number of carboxylic acid groups (broad SMARTS) is 1. The van der Waals surface area contributed by atoms with Crippen LogP contribution < -0.4 is 5.32 Å². The highest BCUT2D eigenvalue weighted by molar-refractivity contribution is 6.42. The number of aliphatic hydroxyl groups is 1. The molecule has 1 rings (SSSR count). The van der Waals surface area contributed by atoms with E-state index in [-0.39, 0.29) is 13.0 Å². The lowest BCUT2D eigenvalue weighted by molar-refractivity contribution is -0.141. The zero-order valence-corrected chi connectivity index (χ0v) is 11.9. The molecule has 3 N–H and O–H groups in total. The number of carbonyl (C=O) groups is 2. The van der Waals surface area contributed by atoms with Crippen LogP contribution in [-0.2, 0) is 9.59 Å². The monoisotopic (exact) mass is 317 g/mol. The van der Waals surface area contributed by atoms with Crippen LogP contribution in [0, 0.1) is 0 Å². The molecule has 0 spiro atoms. The van der Waals surface area contributed by atoms with E-state index in [1.54, 1.807) is 18.2 Å². The van der Waals surface area contributed by atoms with E-state index in [1.807, 2.05) is 0 Å². The lowest BCUT2D eigenvalue weighted by Gasteiger charge is -2.11. The van der Waals surface area contributed by atoms with Gasteiger partial charge in [0.2, 0.25) is 5.91 Å². The summed E-state index contributed by atoms with van der Waals surface area (Å²) in [6, 6.07) is 3.72. The Balaban J connectivity index is 2.67. The molecule has 5 nitrogen and oxygen atoms in total. The van der Waals surface area contributed by atoms with Crippen LogP contribution in [0.25, 0.3) is 6.08 Å². The molecule has 0 radical (unpaired) electrons. The van der Waals surface area contributed by atoms with Crippen molar-refractivity contribution in [1.82, 2.24) is 5.32 Å².